The molecule has 0 aliphatic rings. The van der Waals surface area contributed by atoms with Gasteiger partial charge in [-0.1, -0.05) is 32.6 Å². The van der Waals surface area contributed by atoms with Crippen LogP contribution in [-0.2, 0) is 0 Å². The number of nitrogens with two attached hydrogens (primary N) is 1. The van der Waals surface area contributed by atoms with E-state index in [1.165, 1.54) is 19.3 Å². The molecule has 0 aliphatic heterocycles. The second-order valence-electron chi connectivity index (χ2n) is 2.70. The third-order valence-corrected chi connectivity index (χ3v) is 1.70. The summed E-state index contributed by atoms with van der Waals surface area (Å²) in [6, 6.07) is 0. The van der Waals surface area contributed by atoms with Gasteiger partial charge in [0.1, 0.15) is 0 Å². The number of hydrogen-bond acceptors (Lipinski definition) is 4. The summed E-state index contributed by atoms with van der Waals surface area (Å²) in [6.07, 6.45) is 5.49. The molecule has 0 fully saturated rings. The van der Waals surface area contributed by atoms with E-state index in [-0.39, 0.29) is 6.17 Å². The average molecular weight is 161 g/mol. The van der Waals surface area contributed by atoms with Crippen LogP contribution in [-0.4, -0.2) is 11.4 Å². The highest BCUT2D eigenvalue weighted by molar-refractivity contribution is 4.54. The number of hydrazine groups is 1. The van der Waals surface area contributed by atoms with Crippen molar-refractivity contribution in [3.8, 4) is 0 Å². The van der Waals surface area contributed by atoms with Gasteiger partial charge in [0.2, 0.25) is 0 Å². The van der Waals surface area contributed by atoms with Crippen molar-refractivity contribution >= 4 is 0 Å². The van der Waals surface area contributed by atoms with Crippen LogP contribution in [0.25, 0.3) is 0 Å². The first-order valence-corrected chi connectivity index (χ1v) is 4.20. The summed E-state index contributed by atoms with van der Waals surface area (Å²) >= 11 is 0. The largest absolute Gasteiger partial charge is 0.315 e. The van der Waals surface area contributed by atoms with Crippen LogP contribution in [0.5, 0.6) is 0 Å². The second kappa shape index (κ2) is 7.94. The molecule has 4 heteroatoms. The van der Waals surface area contributed by atoms with Crippen LogP contribution in [0.4, 0.5) is 0 Å². The van der Waals surface area contributed by atoms with Crippen molar-refractivity contribution in [1.29, 1.82) is 0 Å². The predicted octanol–water partition coefficient (Wildman–Crippen LogP) is 0.725. The molecule has 1 atom stereocenters. The zero-order valence-electron chi connectivity index (χ0n) is 7.14. The zero-order chi connectivity index (χ0) is 8.53. The molecule has 4 nitrogen and oxygen atoms in total. The van der Waals surface area contributed by atoms with Crippen LogP contribution < -0.4 is 16.7 Å². The van der Waals surface area contributed by atoms with Crippen molar-refractivity contribution in [2.75, 3.05) is 0 Å². The van der Waals surface area contributed by atoms with Gasteiger partial charge in [-0.2, -0.15) is 5.48 Å². The lowest BCUT2D eigenvalue weighted by atomic mass is 10.1. The Morgan fingerprint density at radius 3 is 2.55 bits per heavy atom. The van der Waals surface area contributed by atoms with Crippen LogP contribution in [0, 0.1) is 0 Å². The van der Waals surface area contributed by atoms with E-state index in [0.717, 1.165) is 12.8 Å². The van der Waals surface area contributed by atoms with Crippen LogP contribution in [0.15, 0.2) is 0 Å². The van der Waals surface area contributed by atoms with Crippen molar-refractivity contribution in [1.82, 2.24) is 10.9 Å². The molecule has 5 N–H and O–H groups in total. The van der Waals surface area contributed by atoms with Gasteiger partial charge in [0.05, 0.1) is 6.17 Å². The summed E-state index contributed by atoms with van der Waals surface area (Å²) < 4.78 is 0. The number of unbranched alkanes of at least 4 members (excludes halogenated alkanes) is 3. The van der Waals surface area contributed by atoms with Gasteiger partial charge in [0, 0.05) is 0 Å². The van der Waals surface area contributed by atoms with E-state index in [1.54, 1.807) is 0 Å². The standard InChI is InChI=1S/C7H19N3O/c1-2-3-4-5-6-7(9-8)10-11/h7,9-11H,2-6,8H2,1H3. The van der Waals surface area contributed by atoms with Crippen LogP contribution >= 0.6 is 0 Å². The van der Waals surface area contributed by atoms with Crippen LogP contribution in [0.2, 0.25) is 0 Å². The molecule has 0 heterocycles. The maximum Gasteiger partial charge on any atom is 0.0933 e. The molecule has 0 saturated carbocycles. The molecule has 0 bridgehead atoms. The van der Waals surface area contributed by atoms with E-state index in [9.17, 15) is 0 Å². The van der Waals surface area contributed by atoms with Crippen molar-refractivity contribution in [3.05, 3.63) is 0 Å². The van der Waals surface area contributed by atoms with Gasteiger partial charge < -0.3 is 5.21 Å². The number of hydrogen-bond donors (Lipinski definition) is 4. The van der Waals surface area contributed by atoms with Crippen molar-refractivity contribution in [2.45, 2.75) is 45.2 Å². The monoisotopic (exact) mass is 161 g/mol. The van der Waals surface area contributed by atoms with Gasteiger partial charge in [0.25, 0.3) is 0 Å². The normalized spacial score (nSPS) is 13.4. The molecule has 0 amide bonds. The molecule has 0 saturated heterocycles. The first-order valence-electron chi connectivity index (χ1n) is 4.20. The molecule has 0 aromatic heterocycles. The molecule has 0 aliphatic carbocycles. The molecule has 0 radical (unpaired) electrons. The Bertz CT molecular complexity index is 76.1. The van der Waals surface area contributed by atoms with Gasteiger partial charge in [0.15, 0.2) is 0 Å². The number of hydroxylamine groups is 1. The molecule has 0 spiro atoms. The van der Waals surface area contributed by atoms with Gasteiger partial charge >= 0.3 is 0 Å². The summed E-state index contributed by atoms with van der Waals surface area (Å²) in [4.78, 5) is 0. The highest BCUT2D eigenvalue weighted by Crippen LogP contribution is 2.03. The molecular formula is C7H19N3O. The lowest BCUT2D eigenvalue weighted by Crippen LogP contribution is -2.44. The van der Waals surface area contributed by atoms with Crippen molar-refractivity contribution < 1.29 is 5.21 Å². The SMILES string of the molecule is CCCCCCC(NN)NO. The number of nitrogens with one attached hydrogen (secondary N) is 2. The van der Waals surface area contributed by atoms with E-state index in [1.807, 2.05) is 0 Å². The maximum atomic E-state index is 8.49. The van der Waals surface area contributed by atoms with Crippen molar-refractivity contribution in [2.24, 2.45) is 5.84 Å². The molecular weight excluding hydrogens is 142 g/mol. The fourth-order valence-electron chi connectivity index (χ4n) is 0.960. The molecule has 0 aromatic rings. The predicted molar refractivity (Wildman–Crippen MR) is 44.8 cm³/mol. The molecule has 0 rings (SSSR count). The fourth-order valence-corrected chi connectivity index (χ4v) is 0.960. The molecule has 1 unspecified atom stereocenters. The number of rotatable bonds is 7. The molecule has 0 aromatic carbocycles. The van der Waals surface area contributed by atoms with Crippen LogP contribution in [0.1, 0.15) is 39.0 Å². The first kappa shape index (κ1) is 10.8. The van der Waals surface area contributed by atoms with Gasteiger partial charge in [-0.15, -0.1) is 0 Å². The van der Waals surface area contributed by atoms with E-state index < -0.39 is 0 Å². The average Bonchev–Trinajstić information content (AvgIpc) is 2.05. The Kier molecular flexibility index (Phi) is 7.83. The summed E-state index contributed by atoms with van der Waals surface area (Å²) in [6.45, 7) is 2.17. The molecule has 11 heavy (non-hydrogen) atoms. The Hall–Kier alpha value is -0.160. The second-order valence-corrected chi connectivity index (χ2v) is 2.70. The molecule has 68 valence electrons. The van der Waals surface area contributed by atoms with Crippen LogP contribution in [0.3, 0.4) is 0 Å². The van der Waals surface area contributed by atoms with Gasteiger partial charge in [-0.25, -0.2) is 5.43 Å². The Balaban J connectivity index is 3.07. The third-order valence-electron chi connectivity index (χ3n) is 1.70. The van der Waals surface area contributed by atoms with Gasteiger partial charge in [-0.05, 0) is 6.42 Å². The van der Waals surface area contributed by atoms with Crippen molar-refractivity contribution in [3.63, 3.8) is 0 Å². The van der Waals surface area contributed by atoms with E-state index in [4.69, 9.17) is 11.0 Å². The van der Waals surface area contributed by atoms with E-state index in [0.29, 0.717) is 0 Å². The summed E-state index contributed by atoms with van der Waals surface area (Å²) in [5.74, 6) is 5.13. The summed E-state index contributed by atoms with van der Waals surface area (Å²) in [5.41, 5.74) is 4.56. The Morgan fingerprint density at radius 2 is 2.09 bits per heavy atom. The smallest absolute Gasteiger partial charge is 0.0933 e. The first-order chi connectivity index (χ1) is 5.35. The fraction of sp³-hybridized carbons (Fsp3) is 1.00. The summed E-state index contributed by atoms with van der Waals surface area (Å²) in [7, 11) is 0. The lowest BCUT2D eigenvalue weighted by molar-refractivity contribution is 0.104. The maximum absolute atomic E-state index is 8.49. The topological polar surface area (TPSA) is 70.3 Å². The van der Waals surface area contributed by atoms with E-state index in [2.05, 4.69) is 17.8 Å². The minimum Gasteiger partial charge on any atom is -0.315 e. The minimum absolute atomic E-state index is 0.160. The zero-order valence-corrected chi connectivity index (χ0v) is 7.14. The Labute approximate surface area is 68.1 Å². The van der Waals surface area contributed by atoms with E-state index >= 15 is 0 Å². The minimum atomic E-state index is -0.160. The Morgan fingerprint density at radius 1 is 1.36 bits per heavy atom. The quantitative estimate of drug-likeness (QED) is 0.192. The summed E-state index contributed by atoms with van der Waals surface area (Å²) in [5, 5.41) is 8.49. The lowest BCUT2D eigenvalue weighted by Gasteiger charge is -2.12. The highest BCUT2D eigenvalue weighted by atomic mass is 16.5. The third kappa shape index (κ3) is 6.25. The van der Waals surface area contributed by atoms with Gasteiger partial charge in [-0.3, -0.25) is 5.84 Å². The highest BCUT2D eigenvalue weighted by Gasteiger charge is 2.01.